The second-order valence-corrected chi connectivity index (χ2v) is 9.19. The van der Waals surface area contributed by atoms with E-state index in [1.807, 2.05) is 34.5 Å². The minimum absolute atomic E-state index is 0. The summed E-state index contributed by atoms with van der Waals surface area (Å²) in [5, 5.41) is 5.40. The Morgan fingerprint density at radius 3 is 2.52 bits per heavy atom. The largest absolute Gasteiger partial charge is 0.338 e. The SMILES string of the molecule is CC(C)c1ccc(C(=O)Nc2sccc2C(=O)N2CC3CCC(N)C3C2)cc1.Cl. The monoisotopic (exact) mass is 433 g/mol. The molecule has 2 aliphatic rings. The summed E-state index contributed by atoms with van der Waals surface area (Å²) in [6.07, 6.45) is 2.17. The lowest BCUT2D eigenvalue weighted by Gasteiger charge is -2.19. The Morgan fingerprint density at radius 2 is 1.86 bits per heavy atom. The molecule has 2 heterocycles. The van der Waals surface area contributed by atoms with Crippen LogP contribution in [-0.2, 0) is 0 Å². The van der Waals surface area contributed by atoms with Crippen LogP contribution in [0.15, 0.2) is 35.7 Å². The predicted molar refractivity (Wildman–Crippen MR) is 120 cm³/mol. The van der Waals surface area contributed by atoms with Crippen molar-refractivity contribution in [1.82, 2.24) is 4.90 Å². The molecule has 4 rings (SSSR count). The first-order chi connectivity index (χ1) is 13.4. The van der Waals surface area contributed by atoms with Gasteiger partial charge in [-0.2, -0.15) is 0 Å². The third kappa shape index (κ3) is 4.34. The van der Waals surface area contributed by atoms with Gasteiger partial charge in [0.15, 0.2) is 0 Å². The Balaban J connectivity index is 0.00000240. The van der Waals surface area contributed by atoms with Crippen LogP contribution in [0.3, 0.4) is 0 Å². The van der Waals surface area contributed by atoms with Crippen molar-refractivity contribution in [3.63, 3.8) is 0 Å². The van der Waals surface area contributed by atoms with Crippen LogP contribution >= 0.6 is 23.7 Å². The number of likely N-dealkylation sites (tertiary alicyclic amines) is 1. The topological polar surface area (TPSA) is 75.4 Å². The number of hydrogen-bond acceptors (Lipinski definition) is 4. The van der Waals surface area contributed by atoms with Crippen molar-refractivity contribution in [3.8, 4) is 0 Å². The van der Waals surface area contributed by atoms with E-state index in [1.165, 1.54) is 16.9 Å². The number of fused-ring (bicyclic) bond motifs is 1. The van der Waals surface area contributed by atoms with Crippen LogP contribution in [0.1, 0.15) is 58.9 Å². The molecule has 0 spiro atoms. The third-order valence-electron chi connectivity index (χ3n) is 6.16. The van der Waals surface area contributed by atoms with Crippen molar-refractivity contribution < 1.29 is 9.59 Å². The Morgan fingerprint density at radius 1 is 1.14 bits per heavy atom. The molecule has 3 N–H and O–H groups in total. The number of nitrogens with two attached hydrogens (primary N) is 1. The number of nitrogens with one attached hydrogen (secondary N) is 1. The second-order valence-electron chi connectivity index (χ2n) is 8.27. The lowest BCUT2D eigenvalue weighted by Crippen LogP contribution is -2.33. The van der Waals surface area contributed by atoms with E-state index in [0.717, 1.165) is 25.9 Å². The molecule has 0 radical (unpaired) electrons. The number of benzene rings is 1. The van der Waals surface area contributed by atoms with Gasteiger partial charge in [0, 0.05) is 24.7 Å². The molecule has 7 heteroatoms. The molecule has 1 aromatic carbocycles. The molecule has 1 saturated carbocycles. The minimum Gasteiger partial charge on any atom is -0.338 e. The van der Waals surface area contributed by atoms with Gasteiger partial charge >= 0.3 is 0 Å². The number of amides is 2. The number of carbonyl (C=O) groups is 2. The van der Waals surface area contributed by atoms with Gasteiger partial charge in [0.25, 0.3) is 11.8 Å². The normalized spacial score (nSPS) is 23.0. The smallest absolute Gasteiger partial charge is 0.256 e. The summed E-state index contributed by atoms with van der Waals surface area (Å²) in [5.41, 5.74) is 8.56. The Labute approximate surface area is 182 Å². The molecule has 1 aromatic heterocycles. The molecule has 2 amide bonds. The number of rotatable bonds is 4. The van der Waals surface area contributed by atoms with Crippen molar-refractivity contribution in [2.75, 3.05) is 18.4 Å². The van der Waals surface area contributed by atoms with Crippen LogP contribution in [0, 0.1) is 11.8 Å². The van der Waals surface area contributed by atoms with E-state index in [2.05, 4.69) is 19.2 Å². The summed E-state index contributed by atoms with van der Waals surface area (Å²) >= 11 is 1.39. The van der Waals surface area contributed by atoms with E-state index in [9.17, 15) is 9.59 Å². The maximum Gasteiger partial charge on any atom is 0.256 e. The van der Waals surface area contributed by atoms with E-state index >= 15 is 0 Å². The van der Waals surface area contributed by atoms with Gasteiger partial charge in [-0.1, -0.05) is 26.0 Å². The molecule has 2 aromatic rings. The fourth-order valence-electron chi connectivity index (χ4n) is 4.41. The Bertz CT molecular complexity index is 880. The fraction of sp³-hybridized carbons (Fsp3) is 0.455. The third-order valence-corrected chi connectivity index (χ3v) is 6.99. The standard InChI is InChI=1S/C22H27N3O2S.ClH/c1-13(2)14-3-5-15(6-4-14)20(26)24-21-17(9-10-28-21)22(27)25-11-16-7-8-19(23)18(16)12-25;/h3-6,9-10,13,16,18-19H,7-8,11-12,23H2,1-2H3,(H,24,26);1H. The van der Waals surface area contributed by atoms with Crippen LogP contribution in [0.2, 0.25) is 0 Å². The lowest BCUT2D eigenvalue weighted by atomic mass is 9.98. The molecule has 29 heavy (non-hydrogen) atoms. The summed E-state index contributed by atoms with van der Waals surface area (Å²) in [7, 11) is 0. The lowest BCUT2D eigenvalue weighted by molar-refractivity contribution is 0.0781. The fourth-order valence-corrected chi connectivity index (χ4v) is 5.19. The molecule has 0 bridgehead atoms. The Kier molecular flexibility index (Phi) is 6.66. The first kappa shape index (κ1) is 21.8. The van der Waals surface area contributed by atoms with Crippen LogP contribution < -0.4 is 11.1 Å². The van der Waals surface area contributed by atoms with E-state index in [4.69, 9.17) is 5.73 Å². The van der Waals surface area contributed by atoms with Crippen molar-refractivity contribution in [3.05, 3.63) is 52.4 Å². The van der Waals surface area contributed by atoms with Crippen LogP contribution in [0.5, 0.6) is 0 Å². The van der Waals surface area contributed by atoms with Crippen LogP contribution in [0.4, 0.5) is 5.00 Å². The molecule has 1 saturated heterocycles. The van der Waals surface area contributed by atoms with Gasteiger partial charge in [0.05, 0.1) is 5.56 Å². The highest BCUT2D eigenvalue weighted by Gasteiger charge is 2.43. The minimum atomic E-state index is -0.188. The molecule has 3 atom stereocenters. The number of thiophene rings is 1. The Hall–Kier alpha value is -1.89. The zero-order valence-electron chi connectivity index (χ0n) is 16.8. The maximum absolute atomic E-state index is 13.0. The van der Waals surface area contributed by atoms with Gasteiger partial charge in [-0.15, -0.1) is 23.7 Å². The highest BCUT2D eigenvalue weighted by atomic mass is 35.5. The van der Waals surface area contributed by atoms with Gasteiger partial charge in [-0.25, -0.2) is 0 Å². The molecule has 156 valence electrons. The summed E-state index contributed by atoms with van der Waals surface area (Å²) in [4.78, 5) is 27.6. The van der Waals surface area contributed by atoms with E-state index < -0.39 is 0 Å². The first-order valence-corrected chi connectivity index (χ1v) is 10.9. The summed E-state index contributed by atoms with van der Waals surface area (Å²) in [5.74, 6) is 1.17. The average Bonchev–Trinajstić information content (AvgIpc) is 3.39. The van der Waals surface area contributed by atoms with E-state index in [0.29, 0.717) is 33.9 Å². The molecule has 2 fully saturated rings. The summed E-state index contributed by atoms with van der Waals surface area (Å²) in [6, 6.07) is 9.64. The highest BCUT2D eigenvalue weighted by molar-refractivity contribution is 7.14. The number of halogens is 1. The van der Waals surface area contributed by atoms with Gasteiger partial charge in [0.1, 0.15) is 5.00 Å². The van der Waals surface area contributed by atoms with Crippen LogP contribution in [-0.4, -0.2) is 35.8 Å². The number of carbonyl (C=O) groups excluding carboxylic acids is 2. The quantitative estimate of drug-likeness (QED) is 0.752. The molecule has 3 unspecified atom stereocenters. The summed E-state index contributed by atoms with van der Waals surface area (Å²) in [6.45, 7) is 5.75. The van der Waals surface area contributed by atoms with Crippen LogP contribution in [0.25, 0.3) is 0 Å². The highest BCUT2D eigenvalue weighted by Crippen LogP contribution is 2.38. The van der Waals surface area contributed by atoms with Crippen molar-refractivity contribution >= 4 is 40.6 Å². The number of anilines is 1. The number of hydrogen-bond donors (Lipinski definition) is 2. The van der Waals surface area contributed by atoms with Gasteiger partial charge in [-0.3, -0.25) is 9.59 Å². The zero-order valence-corrected chi connectivity index (χ0v) is 18.4. The van der Waals surface area contributed by atoms with Gasteiger partial charge < -0.3 is 16.0 Å². The van der Waals surface area contributed by atoms with E-state index in [1.54, 1.807) is 6.07 Å². The molecular weight excluding hydrogens is 406 g/mol. The predicted octanol–water partition coefficient (Wildman–Crippen LogP) is 4.35. The van der Waals surface area contributed by atoms with Crippen molar-refractivity contribution in [2.45, 2.75) is 38.6 Å². The van der Waals surface area contributed by atoms with E-state index in [-0.39, 0.29) is 30.3 Å². The maximum atomic E-state index is 13.0. The zero-order chi connectivity index (χ0) is 19.8. The van der Waals surface area contributed by atoms with Gasteiger partial charge in [0.2, 0.25) is 0 Å². The molecule has 1 aliphatic heterocycles. The number of nitrogens with zero attached hydrogens (tertiary/aromatic N) is 1. The molecule has 1 aliphatic carbocycles. The second kappa shape index (κ2) is 8.86. The van der Waals surface area contributed by atoms with Crippen molar-refractivity contribution in [1.29, 1.82) is 0 Å². The summed E-state index contributed by atoms with van der Waals surface area (Å²) < 4.78 is 0. The first-order valence-electron chi connectivity index (χ1n) is 9.97. The van der Waals surface area contributed by atoms with Gasteiger partial charge in [-0.05, 0) is 59.7 Å². The average molecular weight is 434 g/mol. The molecule has 5 nitrogen and oxygen atoms in total. The molecular formula is C22H28ClN3O2S. The van der Waals surface area contributed by atoms with Crippen molar-refractivity contribution in [2.24, 2.45) is 17.6 Å².